The second-order valence-electron chi connectivity index (χ2n) is 4.67. The van der Waals surface area contributed by atoms with Crippen LogP contribution >= 0.6 is 15.9 Å². The van der Waals surface area contributed by atoms with Gasteiger partial charge in [-0.2, -0.15) is 0 Å². The number of nitrogens with two attached hydrogens (primary N) is 1. The van der Waals surface area contributed by atoms with Gasteiger partial charge in [0.05, 0.1) is 5.60 Å². The number of benzene rings is 1. The summed E-state index contributed by atoms with van der Waals surface area (Å²) in [6.45, 7) is 0. The molecule has 2 rings (SSSR count). The normalized spacial score (nSPS) is 19.8. The summed E-state index contributed by atoms with van der Waals surface area (Å²) in [5, 5.41) is 0. The topological polar surface area (TPSA) is 35.2 Å². The molecule has 0 bridgehead atoms. The molecule has 94 valence electrons. The van der Waals surface area contributed by atoms with Crippen molar-refractivity contribution in [3.05, 3.63) is 34.1 Å². The minimum absolute atomic E-state index is 0.0839. The fourth-order valence-corrected chi connectivity index (χ4v) is 2.78. The van der Waals surface area contributed by atoms with Crippen LogP contribution in [0.5, 0.6) is 0 Å². The van der Waals surface area contributed by atoms with Gasteiger partial charge in [-0.25, -0.2) is 4.39 Å². The number of hydrogen-bond acceptors (Lipinski definition) is 2. The summed E-state index contributed by atoms with van der Waals surface area (Å²) in [7, 11) is 1.71. The average Bonchev–Trinajstić information content (AvgIpc) is 2.23. The summed E-state index contributed by atoms with van der Waals surface area (Å²) in [6, 6.07) is 4.61. The van der Waals surface area contributed by atoms with Gasteiger partial charge in [-0.15, -0.1) is 0 Å². The first kappa shape index (κ1) is 13.0. The SMILES string of the molecule is COC1(C(N)Cc2cc(F)ccc2Br)CCC1. The Kier molecular flexibility index (Phi) is 3.85. The largest absolute Gasteiger partial charge is 0.377 e. The maximum absolute atomic E-state index is 13.2. The van der Waals surface area contributed by atoms with Crippen LogP contribution in [0.1, 0.15) is 24.8 Å². The molecule has 0 amide bonds. The molecule has 1 atom stereocenters. The van der Waals surface area contributed by atoms with Crippen LogP contribution in [0.2, 0.25) is 0 Å². The van der Waals surface area contributed by atoms with E-state index in [1.807, 2.05) is 0 Å². The Labute approximate surface area is 109 Å². The van der Waals surface area contributed by atoms with Crippen molar-refractivity contribution >= 4 is 15.9 Å². The molecule has 17 heavy (non-hydrogen) atoms. The van der Waals surface area contributed by atoms with Crippen LogP contribution in [-0.2, 0) is 11.2 Å². The highest BCUT2D eigenvalue weighted by atomic mass is 79.9. The van der Waals surface area contributed by atoms with Gasteiger partial charge >= 0.3 is 0 Å². The predicted octanol–water partition coefficient (Wildman–Crippen LogP) is 3.03. The van der Waals surface area contributed by atoms with Gasteiger partial charge in [0, 0.05) is 17.6 Å². The van der Waals surface area contributed by atoms with Crippen LogP contribution in [0, 0.1) is 5.82 Å². The van der Waals surface area contributed by atoms with E-state index in [1.165, 1.54) is 12.1 Å². The van der Waals surface area contributed by atoms with Crippen molar-refractivity contribution < 1.29 is 9.13 Å². The minimum atomic E-state index is -0.226. The van der Waals surface area contributed by atoms with E-state index in [4.69, 9.17) is 10.5 Å². The molecule has 4 heteroatoms. The van der Waals surface area contributed by atoms with E-state index in [9.17, 15) is 4.39 Å². The molecule has 2 nitrogen and oxygen atoms in total. The third kappa shape index (κ3) is 2.54. The molecule has 1 aromatic rings. The lowest BCUT2D eigenvalue weighted by atomic mass is 9.73. The first-order chi connectivity index (χ1) is 8.07. The lowest BCUT2D eigenvalue weighted by Crippen LogP contribution is -2.55. The maximum Gasteiger partial charge on any atom is 0.123 e. The van der Waals surface area contributed by atoms with E-state index in [0.717, 1.165) is 29.3 Å². The zero-order valence-corrected chi connectivity index (χ0v) is 11.5. The van der Waals surface area contributed by atoms with E-state index < -0.39 is 0 Å². The summed E-state index contributed by atoms with van der Waals surface area (Å²) < 4.78 is 19.6. The van der Waals surface area contributed by atoms with E-state index in [1.54, 1.807) is 13.2 Å². The van der Waals surface area contributed by atoms with Crippen LogP contribution in [0.15, 0.2) is 22.7 Å². The molecule has 0 radical (unpaired) electrons. The molecule has 0 aliphatic heterocycles. The first-order valence-corrected chi connectivity index (χ1v) is 6.61. The number of ether oxygens (including phenoxy) is 1. The van der Waals surface area contributed by atoms with Gasteiger partial charge in [-0.3, -0.25) is 0 Å². The van der Waals surface area contributed by atoms with Crippen molar-refractivity contribution in [2.75, 3.05) is 7.11 Å². The van der Waals surface area contributed by atoms with Gasteiger partial charge in [0.2, 0.25) is 0 Å². The maximum atomic E-state index is 13.2. The van der Waals surface area contributed by atoms with Crippen LogP contribution in [0.4, 0.5) is 4.39 Å². The van der Waals surface area contributed by atoms with Crippen molar-refractivity contribution in [3.63, 3.8) is 0 Å². The summed E-state index contributed by atoms with van der Waals surface area (Å²) >= 11 is 3.42. The molecule has 0 heterocycles. The monoisotopic (exact) mass is 301 g/mol. The highest BCUT2D eigenvalue weighted by molar-refractivity contribution is 9.10. The number of halogens is 2. The Hall–Kier alpha value is -0.450. The Morgan fingerprint density at radius 2 is 2.24 bits per heavy atom. The van der Waals surface area contributed by atoms with Gasteiger partial charge in [0.25, 0.3) is 0 Å². The van der Waals surface area contributed by atoms with Gasteiger partial charge in [0.15, 0.2) is 0 Å². The second kappa shape index (κ2) is 5.04. The van der Waals surface area contributed by atoms with Crippen LogP contribution < -0.4 is 5.73 Å². The Balaban J connectivity index is 2.12. The predicted molar refractivity (Wildman–Crippen MR) is 69.4 cm³/mol. The molecule has 0 saturated heterocycles. The first-order valence-electron chi connectivity index (χ1n) is 5.82. The molecular weight excluding hydrogens is 285 g/mol. The van der Waals surface area contributed by atoms with Crippen LogP contribution in [0.25, 0.3) is 0 Å². The van der Waals surface area contributed by atoms with E-state index in [0.29, 0.717) is 6.42 Å². The molecular formula is C13H17BrFNO. The van der Waals surface area contributed by atoms with Crippen LogP contribution in [0.3, 0.4) is 0 Å². The van der Waals surface area contributed by atoms with Crippen molar-refractivity contribution in [2.45, 2.75) is 37.3 Å². The molecule has 0 aromatic heterocycles. The Morgan fingerprint density at radius 1 is 1.53 bits per heavy atom. The fraction of sp³-hybridized carbons (Fsp3) is 0.538. The van der Waals surface area contributed by atoms with Crippen molar-refractivity contribution in [1.29, 1.82) is 0 Å². The lowest BCUT2D eigenvalue weighted by molar-refractivity contribution is -0.0897. The highest BCUT2D eigenvalue weighted by Gasteiger charge is 2.42. The zero-order chi connectivity index (χ0) is 12.5. The van der Waals surface area contributed by atoms with E-state index in [2.05, 4.69) is 15.9 Å². The smallest absolute Gasteiger partial charge is 0.123 e. The van der Waals surface area contributed by atoms with Gasteiger partial charge in [0.1, 0.15) is 5.82 Å². The summed E-state index contributed by atoms with van der Waals surface area (Å²) in [5.41, 5.74) is 6.91. The van der Waals surface area contributed by atoms with E-state index >= 15 is 0 Å². The lowest BCUT2D eigenvalue weighted by Gasteiger charge is -2.45. The number of rotatable bonds is 4. The Morgan fingerprint density at radius 3 is 2.76 bits per heavy atom. The molecule has 1 aliphatic rings. The van der Waals surface area contributed by atoms with Crippen molar-refractivity contribution in [3.8, 4) is 0 Å². The molecule has 1 aromatic carbocycles. The standard InChI is InChI=1S/C13H17BrFNO/c1-17-13(5-2-6-13)12(16)8-9-7-10(15)3-4-11(9)14/h3-4,7,12H,2,5-6,8,16H2,1H3. The minimum Gasteiger partial charge on any atom is -0.377 e. The molecule has 2 N–H and O–H groups in total. The molecule has 1 unspecified atom stereocenters. The summed E-state index contributed by atoms with van der Waals surface area (Å²) in [6.07, 6.45) is 3.78. The summed E-state index contributed by atoms with van der Waals surface area (Å²) in [5.74, 6) is -0.226. The van der Waals surface area contributed by atoms with Gasteiger partial charge in [-0.1, -0.05) is 15.9 Å². The molecule has 0 spiro atoms. The third-order valence-corrected chi connectivity index (χ3v) is 4.50. The molecule has 1 fully saturated rings. The third-order valence-electron chi connectivity index (χ3n) is 3.73. The number of hydrogen-bond donors (Lipinski definition) is 1. The molecule has 1 aliphatic carbocycles. The summed E-state index contributed by atoms with van der Waals surface area (Å²) in [4.78, 5) is 0. The molecule has 1 saturated carbocycles. The second-order valence-corrected chi connectivity index (χ2v) is 5.52. The zero-order valence-electron chi connectivity index (χ0n) is 9.88. The fourth-order valence-electron chi connectivity index (χ4n) is 2.37. The Bertz CT molecular complexity index is 401. The van der Waals surface area contributed by atoms with Gasteiger partial charge < -0.3 is 10.5 Å². The van der Waals surface area contributed by atoms with Crippen molar-refractivity contribution in [2.24, 2.45) is 5.73 Å². The average molecular weight is 302 g/mol. The highest BCUT2D eigenvalue weighted by Crippen LogP contribution is 2.38. The van der Waals surface area contributed by atoms with E-state index in [-0.39, 0.29) is 17.5 Å². The van der Waals surface area contributed by atoms with Crippen molar-refractivity contribution in [1.82, 2.24) is 0 Å². The van der Waals surface area contributed by atoms with Gasteiger partial charge in [-0.05, 0) is 49.4 Å². The van der Waals surface area contributed by atoms with Crippen LogP contribution in [-0.4, -0.2) is 18.8 Å². The number of methoxy groups -OCH3 is 1. The quantitative estimate of drug-likeness (QED) is 0.928.